The predicted molar refractivity (Wildman–Crippen MR) is 96.5 cm³/mol. The molecule has 2 aliphatic heterocycles. The molecule has 0 radical (unpaired) electrons. The molecule has 0 atom stereocenters. The fourth-order valence-electron chi connectivity index (χ4n) is 3.78. The number of carboxylic acids is 1. The maximum atomic E-state index is 12.6. The number of nitrogens with zero attached hydrogens (tertiary/aromatic N) is 1. The number of carboxylic acid groups (broad SMARTS) is 1. The van der Waals surface area contributed by atoms with Crippen molar-refractivity contribution in [2.75, 3.05) is 24.6 Å². The minimum Gasteiger partial charge on any atom is -0.478 e. The lowest BCUT2D eigenvalue weighted by Crippen LogP contribution is -2.43. The van der Waals surface area contributed by atoms with E-state index >= 15 is 0 Å². The molecule has 2 fully saturated rings. The SMILES string of the molecule is O=C(O)c1ccccc1CC1CCN(C(=O)C2CCSCC2)CC1. The zero-order valence-corrected chi connectivity index (χ0v) is 14.8. The molecule has 2 aliphatic rings. The lowest BCUT2D eigenvalue weighted by molar-refractivity contribution is -0.137. The first-order chi connectivity index (χ1) is 11.6. The topological polar surface area (TPSA) is 57.6 Å². The molecule has 0 saturated carbocycles. The van der Waals surface area contributed by atoms with E-state index in [2.05, 4.69) is 0 Å². The van der Waals surface area contributed by atoms with E-state index < -0.39 is 5.97 Å². The molecule has 0 unspecified atom stereocenters. The molecule has 4 nitrogen and oxygen atoms in total. The Balaban J connectivity index is 1.54. The standard InChI is InChI=1S/C19H25NO3S/c21-18(15-7-11-24-12-8-15)20-9-5-14(6-10-20)13-16-3-1-2-4-17(16)19(22)23/h1-4,14-15H,5-13H2,(H,22,23). The number of benzene rings is 1. The number of hydrogen-bond acceptors (Lipinski definition) is 3. The Morgan fingerprint density at radius 1 is 1.08 bits per heavy atom. The molecule has 2 heterocycles. The molecule has 3 rings (SSSR count). The van der Waals surface area contributed by atoms with Crippen LogP contribution in [-0.2, 0) is 11.2 Å². The first-order valence-corrected chi connectivity index (χ1v) is 9.98. The zero-order valence-electron chi connectivity index (χ0n) is 13.9. The molecule has 1 aromatic rings. The number of hydrogen-bond donors (Lipinski definition) is 1. The van der Waals surface area contributed by atoms with E-state index in [-0.39, 0.29) is 5.92 Å². The third-order valence-corrected chi connectivity index (χ3v) is 6.30. The van der Waals surface area contributed by atoms with Crippen molar-refractivity contribution in [3.05, 3.63) is 35.4 Å². The Morgan fingerprint density at radius 2 is 1.75 bits per heavy atom. The number of likely N-dealkylation sites (tertiary alicyclic amines) is 1. The van der Waals surface area contributed by atoms with Crippen LogP contribution in [0, 0.1) is 11.8 Å². The summed E-state index contributed by atoms with van der Waals surface area (Å²) in [5, 5.41) is 9.30. The van der Waals surface area contributed by atoms with Crippen LogP contribution >= 0.6 is 11.8 Å². The van der Waals surface area contributed by atoms with Gasteiger partial charge in [-0.25, -0.2) is 4.79 Å². The van der Waals surface area contributed by atoms with Crippen molar-refractivity contribution >= 4 is 23.6 Å². The molecular formula is C19H25NO3S. The van der Waals surface area contributed by atoms with Gasteiger partial charge in [-0.05, 0) is 61.2 Å². The van der Waals surface area contributed by atoms with Crippen LogP contribution in [0.1, 0.15) is 41.6 Å². The van der Waals surface area contributed by atoms with Gasteiger partial charge in [0.05, 0.1) is 5.56 Å². The number of piperidine rings is 1. The molecule has 1 amide bonds. The average Bonchev–Trinajstić information content (AvgIpc) is 2.63. The molecule has 0 spiro atoms. The smallest absolute Gasteiger partial charge is 0.335 e. The number of thioether (sulfide) groups is 1. The number of carbonyl (C=O) groups excluding carboxylic acids is 1. The fraction of sp³-hybridized carbons (Fsp3) is 0.579. The van der Waals surface area contributed by atoms with Crippen molar-refractivity contribution < 1.29 is 14.7 Å². The highest BCUT2D eigenvalue weighted by Crippen LogP contribution is 2.28. The molecule has 5 heteroatoms. The van der Waals surface area contributed by atoms with Gasteiger partial charge in [-0.3, -0.25) is 4.79 Å². The van der Waals surface area contributed by atoms with Crippen molar-refractivity contribution in [3.8, 4) is 0 Å². The van der Waals surface area contributed by atoms with Crippen LogP contribution in [0.5, 0.6) is 0 Å². The van der Waals surface area contributed by atoms with E-state index in [9.17, 15) is 14.7 Å². The molecule has 0 aromatic heterocycles. The number of aromatic carboxylic acids is 1. The van der Waals surface area contributed by atoms with Crippen LogP contribution in [0.15, 0.2) is 24.3 Å². The second-order valence-corrected chi connectivity index (χ2v) is 8.05. The molecular weight excluding hydrogens is 322 g/mol. The predicted octanol–water partition coefficient (Wildman–Crippen LogP) is 3.31. The maximum Gasteiger partial charge on any atom is 0.335 e. The van der Waals surface area contributed by atoms with Gasteiger partial charge in [0.15, 0.2) is 0 Å². The van der Waals surface area contributed by atoms with E-state index in [1.807, 2.05) is 28.8 Å². The second kappa shape index (κ2) is 8.06. The molecule has 0 aliphatic carbocycles. The summed E-state index contributed by atoms with van der Waals surface area (Å²) in [4.78, 5) is 26.0. The Labute approximate surface area is 147 Å². The molecule has 24 heavy (non-hydrogen) atoms. The van der Waals surface area contributed by atoms with Crippen molar-refractivity contribution in [2.45, 2.75) is 32.1 Å². The maximum absolute atomic E-state index is 12.6. The van der Waals surface area contributed by atoms with Gasteiger partial charge in [-0.2, -0.15) is 11.8 Å². The Bertz CT molecular complexity index is 590. The highest BCUT2D eigenvalue weighted by molar-refractivity contribution is 7.99. The van der Waals surface area contributed by atoms with Crippen molar-refractivity contribution in [2.24, 2.45) is 11.8 Å². The summed E-state index contributed by atoms with van der Waals surface area (Å²) in [6, 6.07) is 7.27. The van der Waals surface area contributed by atoms with Gasteiger partial charge >= 0.3 is 5.97 Å². The van der Waals surface area contributed by atoms with Gasteiger partial charge in [0.25, 0.3) is 0 Å². The van der Waals surface area contributed by atoms with E-state index in [1.54, 1.807) is 12.1 Å². The van der Waals surface area contributed by atoms with Gasteiger partial charge in [0.1, 0.15) is 0 Å². The van der Waals surface area contributed by atoms with Gasteiger partial charge in [0, 0.05) is 19.0 Å². The normalized spacial score (nSPS) is 20.1. The van der Waals surface area contributed by atoms with E-state index in [0.29, 0.717) is 17.4 Å². The summed E-state index contributed by atoms with van der Waals surface area (Å²) >= 11 is 1.95. The van der Waals surface area contributed by atoms with Crippen LogP contribution < -0.4 is 0 Å². The largest absolute Gasteiger partial charge is 0.478 e. The number of amides is 1. The summed E-state index contributed by atoms with van der Waals surface area (Å²) < 4.78 is 0. The van der Waals surface area contributed by atoms with Crippen LogP contribution in [0.2, 0.25) is 0 Å². The number of rotatable bonds is 4. The monoisotopic (exact) mass is 347 g/mol. The Hall–Kier alpha value is -1.49. The summed E-state index contributed by atoms with van der Waals surface area (Å²) in [7, 11) is 0. The fourth-order valence-corrected chi connectivity index (χ4v) is 4.88. The Kier molecular flexibility index (Phi) is 5.82. The summed E-state index contributed by atoms with van der Waals surface area (Å²) in [6.07, 6.45) is 4.79. The quantitative estimate of drug-likeness (QED) is 0.908. The van der Waals surface area contributed by atoms with Gasteiger partial charge in [0.2, 0.25) is 5.91 Å². The number of carbonyl (C=O) groups is 2. The molecule has 1 aromatic carbocycles. The van der Waals surface area contributed by atoms with E-state index in [1.165, 1.54) is 0 Å². The Morgan fingerprint density at radius 3 is 2.42 bits per heavy atom. The van der Waals surface area contributed by atoms with Crippen molar-refractivity contribution in [1.29, 1.82) is 0 Å². The first kappa shape index (κ1) is 17.3. The highest BCUT2D eigenvalue weighted by Gasteiger charge is 2.29. The zero-order chi connectivity index (χ0) is 16.9. The van der Waals surface area contributed by atoms with E-state index in [0.717, 1.165) is 62.3 Å². The van der Waals surface area contributed by atoms with Crippen molar-refractivity contribution in [3.63, 3.8) is 0 Å². The van der Waals surface area contributed by atoms with Gasteiger partial charge in [-0.15, -0.1) is 0 Å². The third-order valence-electron chi connectivity index (χ3n) is 5.25. The molecule has 0 bridgehead atoms. The minimum absolute atomic E-state index is 0.232. The van der Waals surface area contributed by atoms with Crippen LogP contribution in [0.4, 0.5) is 0 Å². The lowest BCUT2D eigenvalue weighted by Gasteiger charge is -2.35. The molecule has 2 saturated heterocycles. The van der Waals surface area contributed by atoms with Crippen molar-refractivity contribution in [1.82, 2.24) is 4.90 Å². The second-order valence-electron chi connectivity index (χ2n) is 6.82. The summed E-state index contributed by atoms with van der Waals surface area (Å²) in [5.41, 5.74) is 1.33. The minimum atomic E-state index is -0.853. The van der Waals surface area contributed by atoms with Gasteiger partial charge < -0.3 is 10.0 Å². The highest BCUT2D eigenvalue weighted by atomic mass is 32.2. The van der Waals surface area contributed by atoms with E-state index in [4.69, 9.17) is 0 Å². The van der Waals surface area contributed by atoms with Crippen LogP contribution in [-0.4, -0.2) is 46.5 Å². The molecule has 1 N–H and O–H groups in total. The van der Waals surface area contributed by atoms with Gasteiger partial charge in [-0.1, -0.05) is 18.2 Å². The molecule has 130 valence electrons. The average molecular weight is 347 g/mol. The first-order valence-electron chi connectivity index (χ1n) is 8.83. The summed E-state index contributed by atoms with van der Waals surface area (Å²) in [5.74, 6) is 2.41. The van der Waals surface area contributed by atoms with Crippen LogP contribution in [0.3, 0.4) is 0 Å². The third kappa shape index (κ3) is 4.12. The van der Waals surface area contributed by atoms with Crippen LogP contribution in [0.25, 0.3) is 0 Å². The summed E-state index contributed by atoms with van der Waals surface area (Å²) in [6.45, 7) is 1.64. The lowest BCUT2D eigenvalue weighted by atomic mass is 9.87.